The van der Waals surface area contributed by atoms with E-state index in [4.69, 9.17) is 56.8 Å². The number of ether oxygens (including phenoxy) is 12. The second-order valence-electron chi connectivity index (χ2n) is 20.3. The van der Waals surface area contributed by atoms with Gasteiger partial charge in [-0.25, -0.2) is 0 Å². The van der Waals surface area contributed by atoms with Crippen LogP contribution in [0.2, 0.25) is 0 Å². The van der Waals surface area contributed by atoms with Gasteiger partial charge in [-0.15, -0.1) is 0 Å². The zero-order valence-corrected chi connectivity index (χ0v) is 40.9. The molecule has 7 fully saturated rings. The van der Waals surface area contributed by atoms with Crippen LogP contribution < -0.4 is 5.11 Å². The molecule has 0 aromatic rings. The zero-order chi connectivity index (χ0) is 54.6. The Morgan fingerprint density at radius 3 is 1.43 bits per heavy atom. The number of carbonyl (C=O) groups excluding carboxylic acids is 1. The van der Waals surface area contributed by atoms with Gasteiger partial charge >= 0.3 is 0 Å². The Morgan fingerprint density at radius 2 is 0.840 bits per heavy atom. The predicted molar refractivity (Wildman–Crippen MR) is 235 cm³/mol. The molecule has 0 saturated carbocycles. The summed E-state index contributed by atoms with van der Waals surface area (Å²) in [6.07, 6.45) is -36.6. The average molecular weight is 1100 g/mol. The van der Waals surface area contributed by atoms with Gasteiger partial charge in [0.1, 0.15) is 110 Å². The van der Waals surface area contributed by atoms with Crippen LogP contribution in [0.4, 0.5) is 0 Å². The van der Waals surface area contributed by atoms with Gasteiger partial charge in [0.2, 0.25) is 0 Å². The van der Waals surface area contributed by atoms with Gasteiger partial charge in [0.05, 0.1) is 135 Å². The largest absolute Gasteiger partial charge is 0.547 e. The molecule has 436 valence electrons. The molecule has 0 aromatic carbocycles. The average Bonchev–Trinajstić information content (AvgIpc) is 3.43. The highest BCUT2D eigenvalue weighted by molar-refractivity contribution is 5.70. The van der Waals surface area contributed by atoms with Crippen LogP contribution >= 0.6 is 0 Å². The van der Waals surface area contributed by atoms with E-state index >= 15 is 0 Å². The summed E-state index contributed by atoms with van der Waals surface area (Å²) < 4.78 is 68.6. The molecule has 0 aromatic heterocycles. The standard InChI is InChI=1S/C45H76O30/c1-15-16(31(51)34(54)21(3-47)70-15)5-64-10-24-36(56)32(52)17(20(2-46)71-24)6-65-12-26-37(57)33(53)19(42(74-26)44(62)63)7-66-9-23-29(49)18-8-68-43-41(61)39(59)27(75-45(43)69-14-28(73-23)30(18)50)13-67-11-25-38(58)40(60)35(55)22(4-48)72-25/h15-43,45-61H,2-14H2,1H3,(H,62,63)/p-1/t15?,16?,17?,18-,19?,20?,21?,22?,23?,24?,25?,26?,27?,28?,29?,30?,31-,32+,33+,34?,35?,36?,37?,38?,39?,40+,41+,42?,43?,45?/m0/s1. The van der Waals surface area contributed by atoms with Crippen molar-refractivity contribution in [3.63, 3.8) is 0 Å². The van der Waals surface area contributed by atoms with Crippen LogP contribution in [-0.4, -0.2) is 332 Å². The highest BCUT2D eigenvalue weighted by atomic mass is 16.7. The lowest BCUT2D eigenvalue weighted by Gasteiger charge is -2.45. The zero-order valence-electron chi connectivity index (χ0n) is 40.9. The first-order valence-electron chi connectivity index (χ1n) is 25.1. The lowest BCUT2D eigenvalue weighted by Crippen LogP contribution is -2.62. The van der Waals surface area contributed by atoms with Crippen molar-refractivity contribution in [3.05, 3.63) is 0 Å². The Hall–Kier alpha value is -1.65. The fraction of sp³-hybridized carbons (Fsp3) is 0.978. The molecule has 7 rings (SSSR count). The number of aliphatic hydroxyl groups is 16. The molecular weight excluding hydrogens is 1020 g/mol. The van der Waals surface area contributed by atoms with E-state index in [0.29, 0.717) is 0 Å². The molecule has 0 amide bonds. The molecule has 7 aliphatic rings. The van der Waals surface area contributed by atoms with Crippen LogP contribution in [0.5, 0.6) is 0 Å². The van der Waals surface area contributed by atoms with Crippen molar-refractivity contribution in [2.24, 2.45) is 23.7 Å². The van der Waals surface area contributed by atoms with E-state index in [1.54, 1.807) is 6.92 Å². The molecule has 2 bridgehead atoms. The second kappa shape index (κ2) is 27.2. The van der Waals surface area contributed by atoms with Crippen molar-refractivity contribution in [2.45, 2.75) is 166 Å². The third-order valence-corrected chi connectivity index (χ3v) is 15.5. The molecule has 0 spiro atoms. The van der Waals surface area contributed by atoms with Crippen LogP contribution in [0.1, 0.15) is 6.92 Å². The summed E-state index contributed by atoms with van der Waals surface area (Å²) in [5.41, 5.74) is 0. The first kappa shape index (κ1) is 61.0. The minimum absolute atomic E-state index is 0.161. The summed E-state index contributed by atoms with van der Waals surface area (Å²) in [5.74, 6) is -6.15. The molecule has 75 heavy (non-hydrogen) atoms. The van der Waals surface area contributed by atoms with Crippen LogP contribution in [0.15, 0.2) is 0 Å². The van der Waals surface area contributed by atoms with Crippen molar-refractivity contribution in [1.82, 2.24) is 0 Å². The molecule has 30 nitrogen and oxygen atoms in total. The van der Waals surface area contributed by atoms with E-state index in [1.807, 2.05) is 0 Å². The smallest absolute Gasteiger partial charge is 0.187 e. The minimum Gasteiger partial charge on any atom is -0.547 e. The molecular formula is C45H75O30-. The Balaban J connectivity index is 0.867. The maximum Gasteiger partial charge on any atom is 0.187 e. The molecule has 24 unspecified atom stereocenters. The van der Waals surface area contributed by atoms with E-state index < -0.39 is 261 Å². The van der Waals surface area contributed by atoms with Gasteiger partial charge in [0.15, 0.2) is 6.29 Å². The van der Waals surface area contributed by atoms with Crippen molar-refractivity contribution < 1.29 is 148 Å². The number of hydrogen-bond donors (Lipinski definition) is 16. The summed E-state index contributed by atoms with van der Waals surface area (Å²) in [6, 6.07) is 0. The number of carboxylic acids is 1. The molecule has 0 radical (unpaired) electrons. The van der Waals surface area contributed by atoms with Gasteiger partial charge < -0.3 is 148 Å². The maximum absolute atomic E-state index is 12.4. The van der Waals surface area contributed by atoms with Gasteiger partial charge in [0.25, 0.3) is 0 Å². The Morgan fingerprint density at radius 1 is 0.413 bits per heavy atom. The monoisotopic (exact) mass is 1100 g/mol. The maximum atomic E-state index is 12.4. The van der Waals surface area contributed by atoms with E-state index in [1.165, 1.54) is 0 Å². The molecule has 30 heteroatoms. The highest BCUT2D eigenvalue weighted by Gasteiger charge is 2.53. The van der Waals surface area contributed by atoms with Crippen molar-refractivity contribution >= 4 is 5.97 Å². The number of fused-ring (bicyclic) bond motifs is 3. The van der Waals surface area contributed by atoms with Crippen LogP contribution in [-0.2, 0) is 61.6 Å². The quantitative estimate of drug-likeness (QED) is 0.0538. The third kappa shape index (κ3) is 13.6. The summed E-state index contributed by atoms with van der Waals surface area (Å²) >= 11 is 0. The number of aliphatic carboxylic acids is 1. The van der Waals surface area contributed by atoms with Gasteiger partial charge in [-0.1, -0.05) is 0 Å². The molecule has 0 aliphatic carbocycles. The lowest BCUT2D eigenvalue weighted by atomic mass is 9.86. The number of hydrogen-bond acceptors (Lipinski definition) is 30. The van der Waals surface area contributed by atoms with Gasteiger partial charge in [0, 0.05) is 23.7 Å². The lowest BCUT2D eigenvalue weighted by molar-refractivity contribution is -0.332. The third-order valence-electron chi connectivity index (χ3n) is 15.5. The van der Waals surface area contributed by atoms with Crippen LogP contribution in [0.25, 0.3) is 0 Å². The fourth-order valence-electron chi connectivity index (χ4n) is 10.7. The number of rotatable bonds is 20. The van der Waals surface area contributed by atoms with Crippen LogP contribution in [0, 0.1) is 23.7 Å². The summed E-state index contributed by atoms with van der Waals surface area (Å²) in [7, 11) is 0. The Bertz CT molecular complexity index is 1740. The first-order valence-corrected chi connectivity index (χ1v) is 25.1. The Kier molecular flexibility index (Phi) is 22.1. The van der Waals surface area contributed by atoms with Gasteiger partial charge in [-0.05, 0) is 6.92 Å². The predicted octanol–water partition coefficient (Wildman–Crippen LogP) is -12.1. The minimum atomic E-state index is -1.89. The van der Waals surface area contributed by atoms with Crippen molar-refractivity contribution in [1.29, 1.82) is 0 Å². The number of carboxylic acid groups (broad SMARTS) is 1. The summed E-state index contributed by atoms with van der Waals surface area (Å²) in [4.78, 5) is 12.4. The Labute approximate surface area is 429 Å². The molecule has 30 atom stereocenters. The second-order valence-corrected chi connectivity index (χ2v) is 20.3. The number of aliphatic hydroxyl groups excluding tert-OH is 16. The number of carbonyl (C=O) groups is 1. The highest BCUT2D eigenvalue weighted by Crippen LogP contribution is 2.35. The van der Waals surface area contributed by atoms with Crippen molar-refractivity contribution in [2.75, 3.05) is 85.9 Å². The van der Waals surface area contributed by atoms with E-state index in [9.17, 15) is 91.6 Å². The van der Waals surface area contributed by atoms with E-state index in [-0.39, 0.29) is 13.2 Å². The SMILES string of the molecule is CC1OC(CO)C(O)[C@@H](O)C1COCC1OC(CO)C(COCC2OC(C(=O)[O-])C(COCC3OC4COC5OC(COCC6OC(CO)C(O)[C@@H](O)C6O)C(O)[C@@H](O)C5OC[C@@H](C3O)C4O)[C@@H](O)C2O)[C@@H](O)C1O. The normalized spacial score (nSPS) is 49.8. The first-order chi connectivity index (χ1) is 35.7. The molecule has 16 N–H and O–H groups in total. The molecule has 7 saturated heterocycles. The summed E-state index contributed by atoms with van der Waals surface area (Å²) in [5, 5.41) is 181. The van der Waals surface area contributed by atoms with Gasteiger partial charge in [-0.3, -0.25) is 0 Å². The molecule has 7 aliphatic heterocycles. The topological polar surface area (TPSA) is 475 Å². The van der Waals surface area contributed by atoms with Crippen molar-refractivity contribution in [3.8, 4) is 0 Å². The summed E-state index contributed by atoms with van der Waals surface area (Å²) in [6.45, 7) is -4.39. The molecule has 7 heterocycles. The van der Waals surface area contributed by atoms with E-state index in [0.717, 1.165) is 0 Å². The van der Waals surface area contributed by atoms with Crippen LogP contribution in [0.3, 0.4) is 0 Å². The van der Waals surface area contributed by atoms with E-state index in [2.05, 4.69) is 0 Å². The van der Waals surface area contributed by atoms with Gasteiger partial charge in [-0.2, -0.15) is 0 Å². The fourth-order valence-corrected chi connectivity index (χ4v) is 10.7.